The number of nitrogens with zero attached hydrogens (tertiary/aromatic N) is 2. The Morgan fingerprint density at radius 1 is 1.00 bits per heavy atom. The summed E-state index contributed by atoms with van der Waals surface area (Å²) < 4.78 is 5.60. The van der Waals surface area contributed by atoms with Gasteiger partial charge in [-0.3, -0.25) is 9.78 Å². The normalized spacial score (nSPS) is 10.2. The molecule has 6 heteroatoms. The summed E-state index contributed by atoms with van der Waals surface area (Å²) in [6.45, 7) is 3.92. The van der Waals surface area contributed by atoms with Crippen molar-refractivity contribution < 1.29 is 9.53 Å². The molecule has 3 aromatic rings. The minimum atomic E-state index is -0.256. The number of carbonyl (C=O) groups excluding carboxylic acids is 1. The largest absolute Gasteiger partial charge is 0.491 e. The summed E-state index contributed by atoms with van der Waals surface area (Å²) in [5.74, 6) is 0.497. The van der Waals surface area contributed by atoms with Gasteiger partial charge in [-0.15, -0.1) is 0 Å². The van der Waals surface area contributed by atoms with Gasteiger partial charge in [-0.25, -0.2) is 0 Å². The van der Waals surface area contributed by atoms with Gasteiger partial charge in [0.2, 0.25) is 0 Å². The molecule has 0 radical (unpaired) electrons. The fraction of sp³-hybridized carbons (Fsp3) is 0.136. The van der Waals surface area contributed by atoms with Crippen LogP contribution in [0.25, 0.3) is 0 Å². The summed E-state index contributed by atoms with van der Waals surface area (Å²) in [4.78, 5) is 16.6. The average molecular weight is 372 g/mol. The van der Waals surface area contributed by atoms with Gasteiger partial charge in [-0.1, -0.05) is 0 Å². The Bertz CT molecular complexity index is 990. The Morgan fingerprint density at radius 3 is 2.32 bits per heavy atom. The molecule has 1 amide bonds. The van der Waals surface area contributed by atoms with Crippen molar-refractivity contribution in [1.29, 1.82) is 5.26 Å². The summed E-state index contributed by atoms with van der Waals surface area (Å²) >= 11 is 0. The lowest BCUT2D eigenvalue weighted by molar-refractivity contribution is 0.102. The molecule has 28 heavy (non-hydrogen) atoms. The van der Waals surface area contributed by atoms with E-state index >= 15 is 0 Å². The first-order valence-electron chi connectivity index (χ1n) is 8.84. The van der Waals surface area contributed by atoms with Crippen LogP contribution in [0.4, 0.5) is 17.1 Å². The maximum atomic E-state index is 12.5. The van der Waals surface area contributed by atoms with Crippen molar-refractivity contribution in [3.63, 3.8) is 0 Å². The van der Waals surface area contributed by atoms with E-state index in [0.717, 1.165) is 11.4 Å². The number of pyridine rings is 1. The molecule has 2 aromatic carbocycles. The summed E-state index contributed by atoms with van der Waals surface area (Å²) in [5, 5.41) is 14.9. The van der Waals surface area contributed by atoms with Crippen LogP contribution in [0.15, 0.2) is 67.0 Å². The predicted octanol–water partition coefficient (Wildman–Crippen LogP) is 4.74. The van der Waals surface area contributed by atoms with Gasteiger partial charge in [0.1, 0.15) is 5.75 Å². The molecular formula is C22H20N4O2. The molecule has 0 unspecified atom stereocenters. The second-order valence-electron chi connectivity index (χ2n) is 6.42. The SMILES string of the molecule is CC(C)Oc1ccc(NC(=O)c2cncc(Nc3ccc(C#N)cc3)c2)cc1. The number of benzene rings is 2. The van der Waals surface area contributed by atoms with E-state index in [1.807, 2.05) is 26.0 Å². The minimum Gasteiger partial charge on any atom is -0.491 e. The van der Waals surface area contributed by atoms with Gasteiger partial charge in [-0.05, 0) is 68.4 Å². The molecule has 2 N–H and O–H groups in total. The van der Waals surface area contributed by atoms with Crippen LogP contribution in [0.1, 0.15) is 29.8 Å². The number of nitriles is 1. The zero-order chi connectivity index (χ0) is 19.9. The Kier molecular flexibility index (Phi) is 5.87. The molecule has 0 aliphatic rings. The predicted molar refractivity (Wildman–Crippen MR) is 109 cm³/mol. The van der Waals surface area contributed by atoms with Crippen LogP contribution in [-0.2, 0) is 0 Å². The summed E-state index contributed by atoms with van der Waals surface area (Å²) in [5.41, 5.74) is 3.17. The number of aromatic nitrogens is 1. The van der Waals surface area contributed by atoms with Crippen LogP contribution < -0.4 is 15.4 Å². The molecule has 0 saturated carbocycles. The van der Waals surface area contributed by atoms with E-state index in [1.54, 1.807) is 48.7 Å². The number of anilines is 3. The summed E-state index contributed by atoms with van der Waals surface area (Å²) in [6.07, 6.45) is 3.24. The van der Waals surface area contributed by atoms with Crippen LogP contribution in [0, 0.1) is 11.3 Å². The van der Waals surface area contributed by atoms with E-state index in [0.29, 0.717) is 22.5 Å². The van der Waals surface area contributed by atoms with Crippen molar-refractivity contribution in [3.8, 4) is 11.8 Å². The van der Waals surface area contributed by atoms with E-state index in [2.05, 4.69) is 21.7 Å². The maximum absolute atomic E-state index is 12.5. The quantitative estimate of drug-likeness (QED) is 0.653. The van der Waals surface area contributed by atoms with Crippen molar-refractivity contribution in [1.82, 2.24) is 4.98 Å². The van der Waals surface area contributed by atoms with E-state index in [9.17, 15) is 4.79 Å². The molecule has 3 rings (SSSR count). The third-order valence-electron chi connectivity index (χ3n) is 3.79. The van der Waals surface area contributed by atoms with E-state index in [4.69, 9.17) is 10.00 Å². The van der Waals surface area contributed by atoms with Gasteiger partial charge in [0, 0.05) is 17.6 Å². The highest BCUT2D eigenvalue weighted by Gasteiger charge is 2.08. The van der Waals surface area contributed by atoms with Gasteiger partial charge >= 0.3 is 0 Å². The van der Waals surface area contributed by atoms with Crippen LogP contribution in [0.3, 0.4) is 0 Å². The fourth-order valence-corrected chi connectivity index (χ4v) is 2.52. The smallest absolute Gasteiger partial charge is 0.257 e. The van der Waals surface area contributed by atoms with Gasteiger partial charge in [0.25, 0.3) is 5.91 Å². The molecular weight excluding hydrogens is 352 g/mol. The van der Waals surface area contributed by atoms with Crippen molar-refractivity contribution in [2.75, 3.05) is 10.6 Å². The van der Waals surface area contributed by atoms with E-state index in [-0.39, 0.29) is 12.0 Å². The molecule has 140 valence electrons. The second-order valence-corrected chi connectivity index (χ2v) is 6.42. The van der Waals surface area contributed by atoms with Crippen molar-refractivity contribution in [2.24, 2.45) is 0 Å². The number of hydrogen-bond donors (Lipinski definition) is 2. The molecule has 0 atom stereocenters. The van der Waals surface area contributed by atoms with E-state index < -0.39 is 0 Å². The third kappa shape index (κ3) is 5.08. The number of carbonyl (C=O) groups is 1. The topological polar surface area (TPSA) is 87.0 Å². The second kappa shape index (κ2) is 8.69. The van der Waals surface area contributed by atoms with Crippen molar-refractivity contribution >= 4 is 23.0 Å². The van der Waals surface area contributed by atoms with Crippen LogP contribution in [0.5, 0.6) is 5.75 Å². The first kappa shape index (κ1) is 18.9. The lowest BCUT2D eigenvalue weighted by Crippen LogP contribution is -2.12. The first-order valence-corrected chi connectivity index (χ1v) is 8.84. The Balaban J connectivity index is 1.67. The third-order valence-corrected chi connectivity index (χ3v) is 3.79. The highest BCUT2D eigenvalue weighted by atomic mass is 16.5. The highest BCUT2D eigenvalue weighted by Crippen LogP contribution is 2.20. The monoisotopic (exact) mass is 372 g/mol. The molecule has 6 nitrogen and oxygen atoms in total. The Morgan fingerprint density at radius 2 is 1.68 bits per heavy atom. The van der Waals surface area contributed by atoms with Gasteiger partial charge in [0.05, 0.1) is 35.2 Å². The number of hydrogen-bond acceptors (Lipinski definition) is 5. The molecule has 0 fully saturated rings. The molecule has 0 spiro atoms. The minimum absolute atomic E-state index is 0.0952. The Hall–Kier alpha value is -3.85. The zero-order valence-corrected chi connectivity index (χ0v) is 15.6. The summed E-state index contributed by atoms with van der Waals surface area (Å²) in [6, 6.07) is 18.1. The van der Waals surface area contributed by atoms with Gasteiger partial charge in [-0.2, -0.15) is 5.26 Å². The lowest BCUT2D eigenvalue weighted by atomic mass is 10.2. The molecule has 0 bridgehead atoms. The van der Waals surface area contributed by atoms with Gasteiger partial charge < -0.3 is 15.4 Å². The standard InChI is InChI=1S/C22H20N4O2/c1-15(2)28-21-9-7-19(8-10-21)26-22(27)17-11-20(14-24-13-17)25-18-5-3-16(12-23)4-6-18/h3-11,13-15,25H,1-2H3,(H,26,27). The lowest BCUT2D eigenvalue weighted by Gasteiger charge is -2.11. The molecule has 0 aliphatic carbocycles. The zero-order valence-electron chi connectivity index (χ0n) is 15.6. The van der Waals surface area contributed by atoms with Crippen molar-refractivity contribution in [3.05, 3.63) is 78.1 Å². The summed E-state index contributed by atoms with van der Waals surface area (Å²) in [7, 11) is 0. The van der Waals surface area contributed by atoms with Gasteiger partial charge in [0.15, 0.2) is 0 Å². The van der Waals surface area contributed by atoms with Crippen LogP contribution in [-0.4, -0.2) is 17.0 Å². The number of amides is 1. The van der Waals surface area contributed by atoms with Crippen LogP contribution >= 0.6 is 0 Å². The molecule has 0 saturated heterocycles. The van der Waals surface area contributed by atoms with Crippen molar-refractivity contribution in [2.45, 2.75) is 20.0 Å². The molecule has 1 aromatic heterocycles. The first-order chi connectivity index (χ1) is 13.5. The Labute approximate surface area is 163 Å². The van der Waals surface area contributed by atoms with Crippen LogP contribution in [0.2, 0.25) is 0 Å². The highest BCUT2D eigenvalue weighted by molar-refractivity contribution is 6.04. The molecule has 1 heterocycles. The van der Waals surface area contributed by atoms with E-state index in [1.165, 1.54) is 6.20 Å². The maximum Gasteiger partial charge on any atom is 0.257 e. The fourth-order valence-electron chi connectivity index (χ4n) is 2.52. The average Bonchev–Trinajstić information content (AvgIpc) is 2.70. The number of ether oxygens (including phenoxy) is 1. The number of nitrogens with one attached hydrogen (secondary N) is 2. The number of rotatable bonds is 6. The molecule has 0 aliphatic heterocycles.